The van der Waals surface area contributed by atoms with Gasteiger partial charge in [0.2, 0.25) is 0 Å². The minimum atomic E-state index is -0.804. The molecule has 0 bridgehead atoms. The molecule has 2 rings (SSSR count). The predicted molar refractivity (Wildman–Crippen MR) is 83.8 cm³/mol. The summed E-state index contributed by atoms with van der Waals surface area (Å²) in [6.45, 7) is 2.94. The summed E-state index contributed by atoms with van der Waals surface area (Å²) in [5.74, 6) is 0.0271. The fraction of sp³-hybridized carbons (Fsp3) is 0.353. The van der Waals surface area contributed by atoms with Crippen LogP contribution in [0.2, 0.25) is 0 Å². The number of fused-ring (bicyclic) bond motifs is 1. The van der Waals surface area contributed by atoms with Gasteiger partial charge in [-0.15, -0.1) is 0 Å². The van der Waals surface area contributed by atoms with Crippen LogP contribution in [-0.4, -0.2) is 30.3 Å². The van der Waals surface area contributed by atoms with E-state index in [0.29, 0.717) is 19.6 Å². The van der Waals surface area contributed by atoms with Crippen LogP contribution < -0.4 is 10.1 Å². The average molecular weight is 287 g/mol. The van der Waals surface area contributed by atoms with E-state index in [9.17, 15) is 4.79 Å². The number of carbonyl (C=O) groups is 1. The van der Waals surface area contributed by atoms with Gasteiger partial charge in [0.25, 0.3) is 0 Å². The molecule has 2 aromatic carbocycles. The molecule has 0 amide bonds. The summed E-state index contributed by atoms with van der Waals surface area (Å²) in [5.41, 5.74) is 0. The molecule has 2 aromatic rings. The van der Waals surface area contributed by atoms with Crippen molar-refractivity contribution in [3.63, 3.8) is 0 Å². The van der Waals surface area contributed by atoms with E-state index in [1.165, 1.54) is 0 Å². The third kappa shape index (κ3) is 4.20. The molecule has 4 heteroatoms. The second-order valence-electron chi connectivity index (χ2n) is 4.96. The highest BCUT2D eigenvalue weighted by Gasteiger charge is 2.14. The SMILES string of the molecule is CCCC(NCCOc1cccc2ccccc12)C(=O)O. The van der Waals surface area contributed by atoms with Crippen LogP contribution in [0.15, 0.2) is 42.5 Å². The lowest BCUT2D eigenvalue weighted by Crippen LogP contribution is -2.38. The van der Waals surface area contributed by atoms with Crippen molar-refractivity contribution in [2.45, 2.75) is 25.8 Å². The van der Waals surface area contributed by atoms with E-state index in [1.807, 2.05) is 49.4 Å². The lowest BCUT2D eigenvalue weighted by atomic mass is 10.1. The lowest BCUT2D eigenvalue weighted by molar-refractivity contribution is -0.139. The van der Waals surface area contributed by atoms with Gasteiger partial charge >= 0.3 is 5.97 Å². The maximum absolute atomic E-state index is 11.0. The molecule has 0 aliphatic carbocycles. The topological polar surface area (TPSA) is 58.6 Å². The number of hydrogen-bond donors (Lipinski definition) is 2. The van der Waals surface area contributed by atoms with Crippen LogP contribution in [-0.2, 0) is 4.79 Å². The fourth-order valence-electron chi connectivity index (χ4n) is 2.32. The van der Waals surface area contributed by atoms with Gasteiger partial charge in [-0.25, -0.2) is 0 Å². The van der Waals surface area contributed by atoms with Crippen LogP contribution >= 0.6 is 0 Å². The van der Waals surface area contributed by atoms with Crippen LogP contribution in [0.1, 0.15) is 19.8 Å². The van der Waals surface area contributed by atoms with Crippen molar-refractivity contribution in [1.29, 1.82) is 0 Å². The monoisotopic (exact) mass is 287 g/mol. The molecule has 4 nitrogen and oxygen atoms in total. The average Bonchev–Trinajstić information content (AvgIpc) is 2.50. The number of rotatable bonds is 8. The van der Waals surface area contributed by atoms with Gasteiger partial charge in [0.15, 0.2) is 0 Å². The standard InChI is InChI=1S/C17H21NO3/c1-2-6-15(17(19)20)18-11-12-21-16-10-5-8-13-7-3-4-9-14(13)16/h3-5,7-10,15,18H,2,6,11-12H2,1H3,(H,19,20). The Kier molecular flexibility index (Phi) is 5.58. The molecule has 0 fully saturated rings. The quantitative estimate of drug-likeness (QED) is 0.733. The second-order valence-corrected chi connectivity index (χ2v) is 4.96. The third-order valence-corrected chi connectivity index (χ3v) is 3.38. The van der Waals surface area contributed by atoms with Gasteiger partial charge in [0.1, 0.15) is 18.4 Å². The van der Waals surface area contributed by atoms with Crippen LogP contribution in [0.5, 0.6) is 5.75 Å². The highest BCUT2D eigenvalue weighted by molar-refractivity contribution is 5.88. The van der Waals surface area contributed by atoms with Crippen molar-refractivity contribution in [3.05, 3.63) is 42.5 Å². The van der Waals surface area contributed by atoms with Gasteiger partial charge in [-0.05, 0) is 17.9 Å². The van der Waals surface area contributed by atoms with E-state index in [4.69, 9.17) is 9.84 Å². The minimum absolute atomic E-state index is 0.446. The molecule has 0 aliphatic heterocycles. The Morgan fingerprint density at radius 2 is 2.00 bits per heavy atom. The molecule has 0 saturated carbocycles. The molecule has 1 atom stereocenters. The molecule has 0 radical (unpaired) electrons. The molecule has 0 saturated heterocycles. The summed E-state index contributed by atoms with van der Waals surface area (Å²) in [6.07, 6.45) is 1.47. The minimum Gasteiger partial charge on any atom is -0.492 e. The van der Waals surface area contributed by atoms with Crippen molar-refractivity contribution in [2.75, 3.05) is 13.2 Å². The Hall–Kier alpha value is -2.07. The summed E-state index contributed by atoms with van der Waals surface area (Å²) in [7, 11) is 0. The number of benzene rings is 2. The summed E-state index contributed by atoms with van der Waals surface area (Å²) in [6, 6.07) is 13.5. The first-order chi connectivity index (χ1) is 10.2. The number of carboxylic acids is 1. The number of carboxylic acid groups (broad SMARTS) is 1. The predicted octanol–water partition coefficient (Wildman–Crippen LogP) is 3.06. The van der Waals surface area contributed by atoms with Crippen molar-refractivity contribution < 1.29 is 14.6 Å². The highest BCUT2D eigenvalue weighted by atomic mass is 16.5. The lowest BCUT2D eigenvalue weighted by Gasteiger charge is -2.14. The van der Waals surface area contributed by atoms with Crippen LogP contribution in [0.25, 0.3) is 10.8 Å². The van der Waals surface area contributed by atoms with Crippen LogP contribution in [0.4, 0.5) is 0 Å². The van der Waals surface area contributed by atoms with Crippen LogP contribution in [0, 0.1) is 0 Å². The number of hydrogen-bond acceptors (Lipinski definition) is 3. The highest BCUT2D eigenvalue weighted by Crippen LogP contribution is 2.24. The summed E-state index contributed by atoms with van der Waals surface area (Å²) < 4.78 is 5.77. The molecule has 112 valence electrons. The van der Waals surface area contributed by atoms with Crippen LogP contribution in [0.3, 0.4) is 0 Å². The largest absolute Gasteiger partial charge is 0.492 e. The zero-order valence-corrected chi connectivity index (χ0v) is 12.2. The van der Waals surface area contributed by atoms with Gasteiger partial charge < -0.3 is 15.2 Å². The smallest absolute Gasteiger partial charge is 0.320 e. The van der Waals surface area contributed by atoms with Gasteiger partial charge in [0.05, 0.1) is 0 Å². The molecule has 0 heterocycles. The Morgan fingerprint density at radius 3 is 2.76 bits per heavy atom. The number of nitrogens with one attached hydrogen (secondary N) is 1. The zero-order chi connectivity index (χ0) is 15.1. The first kappa shape index (κ1) is 15.3. The van der Waals surface area contributed by atoms with Crippen molar-refractivity contribution in [2.24, 2.45) is 0 Å². The third-order valence-electron chi connectivity index (χ3n) is 3.38. The van der Waals surface area contributed by atoms with E-state index >= 15 is 0 Å². The van der Waals surface area contributed by atoms with Crippen molar-refractivity contribution in [1.82, 2.24) is 5.32 Å². The first-order valence-corrected chi connectivity index (χ1v) is 7.29. The molecule has 0 aliphatic rings. The maximum Gasteiger partial charge on any atom is 0.320 e. The molecule has 0 aromatic heterocycles. The molecular weight excluding hydrogens is 266 g/mol. The van der Waals surface area contributed by atoms with Gasteiger partial charge in [0, 0.05) is 11.9 Å². The normalized spacial score (nSPS) is 12.2. The van der Waals surface area contributed by atoms with E-state index in [2.05, 4.69) is 5.32 Å². The van der Waals surface area contributed by atoms with Gasteiger partial charge in [-0.1, -0.05) is 49.7 Å². The Bertz CT molecular complexity index is 592. The summed E-state index contributed by atoms with van der Waals surface area (Å²) in [4.78, 5) is 11.0. The molecular formula is C17H21NO3. The fourth-order valence-corrected chi connectivity index (χ4v) is 2.32. The molecule has 2 N–H and O–H groups in total. The van der Waals surface area contributed by atoms with E-state index in [-0.39, 0.29) is 0 Å². The van der Waals surface area contributed by atoms with E-state index in [1.54, 1.807) is 0 Å². The number of ether oxygens (including phenoxy) is 1. The van der Waals surface area contributed by atoms with Gasteiger partial charge in [-0.3, -0.25) is 4.79 Å². The zero-order valence-electron chi connectivity index (χ0n) is 12.2. The Balaban J connectivity index is 1.89. The summed E-state index contributed by atoms with van der Waals surface area (Å²) >= 11 is 0. The van der Waals surface area contributed by atoms with E-state index in [0.717, 1.165) is 22.9 Å². The van der Waals surface area contributed by atoms with E-state index < -0.39 is 12.0 Å². The van der Waals surface area contributed by atoms with Crippen molar-refractivity contribution >= 4 is 16.7 Å². The Labute approximate surface area is 124 Å². The maximum atomic E-state index is 11.0. The van der Waals surface area contributed by atoms with Gasteiger partial charge in [-0.2, -0.15) is 0 Å². The van der Waals surface area contributed by atoms with Crippen molar-refractivity contribution in [3.8, 4) is 5.75 Å². The molecule has 0 spiro atoms. The first-order valence-electron chi connectivity index (χ1n) is 7.29. The number of aliphatic carboxylic acids is 1. The Morgan fingerprint density at radius 1 is 1.24 bits per heavy atom. The summed E-state index contributed by atoms with van der Waals surface area (Å²) in [5, 5.41) is 14.3. The second kappa shape index (κ2) is 7.64. The molecule has 1 unspecified atom stereocenters. The molecule has 21 heavy (non-hydrogen) atoms.